The number of carbonyl (C=O) groups excluding carboxylic acids is 1. The zero-order valence-electron chi connectivity index (χ0n) is 12.7. The molecule has 5 nitrogen and oxygen atoms in total. The molecule has 1 fully saturated rings. The summed E-state index contributed by atoms with van der Waals surface area (Å²) in [7, 11) is 0. The fourth-order valence-corrected chi connectivity index (χ4v) is 2.54. The first-order chi connectivity index (χ1) is 9.12. The van der Waals surface area contributed by atoms with Gasteiger partial charge in [-0.05, 0) is 26.6 Å². The zero-order chi connectivity index (χ0) is 14.3. The maximum Gasteiger partial charge on any atom is 0.227 e. The molecule has 1 aliphatic rings. The minimum atomic E-state index is -0.0564. The SMILES string of the molecule is CCNC1COCC1C(=O)NC(C)CN(CC)CC. The standard InChI is InChI=1S/C14H29N3O2/c1-5-15-13-10-19-9-12(13)14(18)16-11(4)8-17(6-2)7-3/h11-13,15H,5-10H2,1-4H3,(H,16,18). The molecule has 0 saturated carbocycles. The molecular formula is C14H29N3O2. The van der Waals surface area contributed by atoms with E-state index in [4.69, 9.17) is 4.74 Å². The number of nitrogens with one attached hydrogen (secondary N) is 2. The summed E-state index contributed by atoms with van der Waals surface area (Å²) in [5.41, 5.74) is 0. The van der Waals surface area contributed by atoms with E-state index in [1.165, 1.54) is 0 Å². The van der Waals surface area contributed by atoms with Gasteiger partial charge in [0, 0.05) is 18.6 Å². The number of nitrogens with zero attached hydrogens (tertiary/aromatic N) is 1. The van der Waals surface area contributed by atoms with E-state index < -0.39 is 0 Å². The second kappa shape index (κ2) is 8.51. The molecule has 3 atom stereocenters. The molecule has 3 unspecified atom stereocenters. The predicted molar refractivity (Wildman–Crippen MR) is 77.2 cm³/mol. The van der Waals surface area contributed by atoms with Gasteiger partial charge in [-0.2, -0.15) is 0 Å². The number of ether oxygens (including phenoxy) is 1. The molecule has 0 bridgehead atoms. The average molecular weight is 271 g/mol. The molecule has 5 heteroatoms. The summed E-state index contributed by atoms with van der Waals surface area (Å²) in [4.78, 5) is 14.6. The van der Waals surface area contributed by atoms with E-state index in [2.05, 4.69) is 43.2 Å². The lowest BCUT2D eigenvalue weighted by Gasteiger charge is -2.25. The van der Waals surface area contributed by atoms with Gasteiger partial charge < -0.3 is 20.3 Å². The van der Waals surface area contributed by atoms with Crippen LogP contribution < -0.4 is 10.6 Å². The van der Waals surface area contributed by atoms with Gasteiger partial charge >= 0.3 is 0 Å². The van der Waals surface area contributed by atoms with Gasteiger partial charge in [0.1, 0.15) is 0 Å². The quantitative estimate of drug-likeness (QED) is 0.673. The van der Waals surface area contributed by atoms with E-state index in [0.717, 1.165) is 26.2 Å². The first kappa shape index (κ1) is 16.4. The molecule has 0 aromatic carbocycles. The van der Waals surface area contributed by atoms with Crippen molar-refractivity contribution in [3.8, 4) is 0 Å². The molecule has 112 valence electrons. The van der Waals surface area contributed by atoms with Gasteiger partial charge in [-0.1, -0.05) is 20.8 Å². The Balaban J connectivity index is 2.40. The fraction of sp³-hybridized carbons (Fsp3) is 0.929. The Labute approximate surface area is 117 Å². The van der Waals surface area contributed by atoms with Crippen LogP contribution in [0.15, 0.2) is 0 Å². The van der Waals surface area contributed by atoms with Crippen LogP contribution in [0.3, 0.4) is 0 Å². The van der Waals surface area contributed by atoms with Crippen molar-refractivity contribution < 1.29 is 9.53 Å². The normalized spacial score (nSPS) is 24.7. The van der Waals surface area contributed by atoms with Crippen molar-refractivity contribution in [2.45, 2.75) is 39.8 Å². The highest BCUT2D eigenvalue weighted by Crippen LogP contribution is 2.14. The van der Waals surface area contributed by atoms with Crippen molar-refractivity contribution in [2.24, 2.45) is 5.92 Å². The van der Waals surface area contributed by atoms with Gasteiger partial charge in [0.15, 0.2) is 0 Å². The van der Waals surface area contributed by atoms with E-state index in [1.54, 1.807) is 0 Å². The van der Waals surface area contributed by atoms with Crippen LogP contribution in [-0.2, 0) is 9.53 Å². The lowest BCUT2D eigenvalue weighted by Crippen LogP contribution is -2.48. The third-order valence-corrected chi connectivity index (χ3v) is 3.70. The maximum atomic E-state index is 12.2. The summed E-state index contributed by atoms with van der Waals surface area (Å²) < 4.78 is 5.41. The minimum Gasteiger partial charge on any atom is -0.379 e. The van der Waals surface area contributed by atoms with Crippen molar-refractivity contribution in [1.29, 1.82) is 0 Å². The smallest absolute Gasteiger partial charge is 0.227 e. The highest BCUT2D eigenvalue weighted by molar-refractivity contribution is 5.80. The zero-order valence-corrected chi connectivity index (χ0v) is 12.7. The van der Waals surface area contributed by atoms with Gasteiger partial charge in [-0.3, -0.25) is 4.79 Å². The van der Waals surface area contributed by atoms with E-state index in [-0.39, 0.29) is 23.9 Å². The van der Waals surface area contributed by atoms with Gasteiger partial charge in [0.2, 0.25) is 5.91 Å². The number of rotatable bonds is 8. The predicted octanol–water partition coefficient (Wildman–Crippen LogP) is 0.457. The fourth-order valence-electron chi connectivity index (χ4n) is 2.54. The van der Waals surface area contributed by atoms with Crippen LogP contribution >= 0.6 is 0 Å². The monoisotopic (exact) mass is 271 g/mol. The van der Waals surface area contributed by atoms with Crippen LogP contribution in [0.2, 0.25) is 0 Å². The van der Waals surface area contributed by atoms with Crippen LogP contribution in [0, 0.1) is 5.92 Å². The first-order valence-corrected chi connectivity index (χ1v) is 7.46. The molecule has 1 aliphatic heterocycles. The molecule has 0 radical (unpaired) electrons. The van der Waals surface area contributed by atoms with Crippen LogP contribution in [0.1, 0.15) is 27.7 Å². The van der Waals surface area contributed by atoms with Gasteiger partial charge in [0.25, 0.3) is 0 Å². The van der Waals surface area contributed by atoms with E-state index in [0.29, 0.717) is 13.2 Å². The Bertz CT molecular complexity index is 269. The summed E-state index contributed by atoms with van der Waals surface area (Å²) in [6.07, 6.45) is 0. The Hall–Kier alpha value is -0.650. The molecule has 1 amide bonds. The summed E-state index contributed by atoms with van der Waals surface area (Å²) in [6, 6.07) is 0.334. The van der Waals surface area contributed by atoms with Crippen LogP contribution in [-0.4, -0.2) is 62.3 Å². The molecule has 1 saturated heterocycles. The molecule has 19 heavy (non-hydrogen) atoms. The third-order valence-electron chi connectivity index (χ3n) is 3.70. The Morgan fingerprint density at radius 3 is 2.58 bits per heavy atom. The molecule has 2 N–H and O–H groups in total. The van der Waals surface area contributed by atoms with Crippen molar-refractivity contribution >= 4 is 5.91 Å². The highest BCUT2D eigenvalue weighted by Gasteiger charge is 2.33. The number of amides is 1. The van der Waals surface area contributed by atoms with Crippen LogP contribution in [0.25, 0.3) is 0 Å². The summed E-state index contributed by atoms with van der Waals surface area (Å²) in [5, 5.41) is 6.42. The Morgan fingerprint density at radius 1 is 1.32 bits per heavy atom. The summed E-state index contributed by atoms with van der Waals surface area (Å²) in [6.45, 7) is 13.4. The lowest BCUT2D eigenvalue weighted by atomic mass is 10.0. The third kappa shape index (κ3) is 5.09. The molecule has 1 heterocycles. The van der Waals surface area contributed by atoms with E-state index >= 15 is 0 Å². The molecular weight excluding hydrogens is 242 g/mol. The van der Waals surface area contributed by atoms with Crippen LogP contribution in [0.5, 0.6) is 0 Å². The van der Waals surface area contributed by atoms with Gasteiger partial charge in [-0.25, -0.2) is 0 Å². The molecule has 0 aromatic rings. The summed E-state index contributed by atoms with van der Waals surface area (Å²) in [5.74, 6) is 0.0576. The molecule has 0 spiro atoms. The second-order valence-electron chi connectivity index (χ2n) is 5.20. The maximum absolute atomic E-state index is 12.2. The lowest BCUT2D eigenvalue weighted by molar-refractivity contribution is -0.126. The Kier molecular flexibility index (Phi) is 7.34. The van der Waals surface area contributed by atoms with E-state index in [9.17, 15) is 4.79 Å². The van der Waals surface area contributed by atoms with Gasteiger partial charge in [0.05, 0.1) is 19.1 Å². The van der Waals surface area contributed by atoms with Crippen molar-refractivity contribution in [3.63, 3.8) is 0 Å². The molecule has 0 aliphatic carbocycles. The largest absolute Gasteiger partial charge is 0.379 e. The summed E-state index contributed by atoms with van der Waals surface area (Å²) >= 11 is 0. The number of hydrogen-bond donors (Lipinski definition) is 2. The van der Waals surface area contributed by atoms with Gasteiger partial charge in [-0.15, -0.1) is 0 Å². The number of hydrogen-bond acceptors (Lipinski definition) is 4. The van der Waals surface area contributed by atoms with Crippen molar-refractivity contribution in [3.05, 3.63) is 0 Å². The molecule has 1 rings (SSSR count). The molecule has 0 aromatic heterocycles. The topological polar surface area (TPSA) is 53.6 Å². The second-order valence-corrected chi connectivity index (χ2v) is 5.20. The van der Waals surface area contributed by atoms with Crippen molar-refractivity contribution in [1.82, 2.24) is 15.5 Å². The number of likely N-dealkylation sites (N-methyl/N-ethyl adjacent to an activating group) is 2. The van der Waals surface area contributed by atoms with Crippen LogP contribution in [0.4, 0.5) is 0 Å². The van der Waals surface area contributed by atoms with Crippen molar-refractivity contribution in [2.75, 3.05) is 39.4 Å². The number of carbonyl (C=O) groups is 1. The highest BCUT2D eigenvalue weighted by atomic mass is 16.5. The average Bonchev–Trinajstić information content (AvgIpc) is 2.84. The minimum absolute atomic E-state index is 0.0564. The first-order valence-electron chi connectivity index (χ1n) is 7.46. The Morgan fingerprint density at radius 2 is 2.00 bits per heavy atom. The van der Waals surface area contributed by atoms with E-state index in [1.807, 2.05) is 0 Å².